The molecule has 20 heavy (non-hydrogen) atoms. The van der Waals surface area contributed by atoms with E-state index in [4.69, 9.17) is 0 Å². The van der Waals surface area contributed by atoms with E-state index in [1.807, 2.05) is 4.90 Å². The third-order valence-corrected chi connectivity index (χ3v) is 3.40. The molecule has 3 heterocycles. The maximum Gasteiger partial charge on any atom is 0.255 e. The second-order valence-corrected chi connectivity index (χ2v) is 4.82. The van der Waals surface area contributed by atoms with Crippen LogP contribution in [0.25, 0.3) is 11.4 Å². The summed E-state index contributed by atoms with van der Waals surface area (Å²) < 4.78 is 1.49. The fourth-order valence-electron chi connectivity index (χ4n) is 2.31. The third kappa shape index (κ3) is 2.27. The standard InChI is InChI=1S/C13H15N5O2/c1-17-12(20)6-11(10-2-4-14-8-15-10)16-13(17)18-5-3-9(19)7-18/h2,4,6,8-9,19H,3,5,7H2,1H3/t9-/m1/s1. The van der Waals surface area contributed by atoms with Crippen molar-refractivity contribution in [3.63, 3.8) is 0 Å². The van der Waals surface area contributed by atoms with Crippen LogP contribution >= 0.6 is 0 Å². The first kappa shape index (κ1) is 12.7. The molecule has 1 atom stereocenters. The van der Waals surface area contributed by atoms with Gasteiger partial charge in [0.05, 0.1) is 17.5 Å². The van der Waals surface area contributed by atoms with Crippen molar-refractivity contribution in [3.05, 3.63) is 35.0 Å². The Bertz CT molecular complexity index is 670. The lowest BCUT2D eigenvalue weighted by Gasteiger charge is -2.19. The van der Waals surface area contributed by atoms with Gasteiger partial charge in [-0.2, -0.15) is 0 Å². The Balaban J connectivity index is 2.06. The number of hydrogen-bond donors (Lipinski definition) is 1. The maximum atomic E-state index is 12.1. The molecule has 1 saturated heterocycles. The summed E-state index contributed by atoms with van der Waals surface area (Å²) >= 11 is 0. The minimum atomic E-state index is -0.366. The molecular weight excluding hydrogens is 258 g/mol. The number of hydrogen-bond acceptors (Lipinski definition) is 6. The van der Waals surface area contributed by atoms with Crippen molar-refractivity contribution < 1.29 is 5.11 Å². The van der Waals surface area contributed by atoms with Gasteiger partial charge in [0.2, 0.25) is 5.95 Å². The molecule has 1 fully saturated rings. The first-order valence-corrected chi connectivity index (χ1v) is 6.42. The van der Waals surface area contributed by atoms with E-state index in [0.717, 1.165) is 0 Å². The van der Waals surface area contributed by atoms with Gasteiger partial charge >= 0.3 is 0 Å². The molecule has 0 aliphatic carbocycles. The average Bonchev–Trinajstić information content (AvgIpc) is 2.89. The van der Waals surface area contributed by atoms with E-state index >= 15 is 0 Å². The average molecular weight is 273 g/mol. The molecule has 2 aromatic heterocycles. The Hall–Kier alpha value is -2.28. The predicted octanol–water partition coefficient (Wildman–Crippen LogP) is -0.192. The lowest BCUT2D eigenvalue weighted by molar-refractivity contribution is 0.198. The van der Waals surface area contributed by atoms with Crippen LogP contribution in [0, 0.1) is 0 Å². The molecule has 7 nitrogen and oxygen atoms in total. The molecular formula is C13H15N5O2. The summed E-state index contributed by atoms with van der Waals surface area (Å²) in [5.41, 5.74) is 0.982. The molecule has 0 saturated carbocycles. The van der Waals surface area contributed by atoms with E-state index in [2.05, 4.69) is 15.0 Å². The van der Waals surface area contributed by atoms with Gasteiger partial charge < -0.3 is 10.0 Å². The largest absolute Gasteiger partial charge is 0.391 e. The Labute approximate surface area is 115 Å². The summed E-state index contributed by atoms with van der Waals surface area (Å²) in [6, 6.07) is 3.17. The highest BCUT2D eigenvalue weighted by Crippen LogP contribution is 2.19. The van der Waals surface area contributed by atoms with Crippen LogP contribution < -0.4 is 10.5 Å². The first-order valence-electron chi connectivity index (χ1n) is 6.42. The number of anilines is 1. The van der Waals surface area contributed by atoms with E-state index in [0.29, 0.717) is 36.8 Å². The van der Waals surface area contributed by atoms with Gasteiger partial charge in [-0.15, -0.1) is 0 Å². The molecule has 1 aliphatic rings. The van der Waals surface area contributed by atoms with Crippen molar-refractivity contribution in [2.24, 2.45) is 7.05 Å². The maximum absolute atomic E-state index is 12.1. The fraction of sp³-hybridized carbons (Fsp3) is 0.385. The van der Waals surface area contributed by atoms with Gasteiger partial charge in [-0.1, -0.05) is 0 Å². The number of aliphatic hydroxyl groups is 1. The van der Waals surface area contributed by atoms with Gasteiger partial charge in [-0.25, -0.2) is 15.0 Å². The SMILES string of the molecule is Cn1c(N2CC[C@@H](O)C2)nc(-c2ccncn2)cc1=O. The number of β-amino-alcohol motifs (C(OH)–C–C–N with tert-alkyl or cyclic N) is 1. The lowest BCUT2D eigenvalue weighted by atomic mass is 10.3. The van der Waals surface area contributed by atoms with E-state index < -0.39 is 0 Å². The number of nitrogens with zero attached hydrogens (tertiary/aromatic N) is 5. The van der Waals surface area contributed by atoms with E-state index in [9.17, 15) is 9.90 Å². The van der Waals surface area contributed by atoms with Crippen molar-refractivity contribution in [2.45, 2.75) is 12.5 Å². The highest BCUT2D eigenvalue weighted by Gasteiger charge is 2.24. The zero-order valence-electron chi connectivity index (χ0n) is 11.1. The second kappa shape index (κ2) is 5.01. The van der Waals surface area contributed by atoms with Crippen LogP contribution in [0.5, 0.6) is 0 Å². The molecule has 0 radical (unpaired) electrons. The Morgan fingerprint density at radius 1 is 1.40 bits per heavy atom. The van der Waals surface area contributed by atoms with Crippen molar-refractivity contribution in [2.75, 3.05) is 18.0 Å². The van der Waals surface area contributed by atoms with Crippen molar-refractivity contribution in [3.8, 4) is 11.4 Å². The molecule has 3 rings (SSSR count). The topological polar surface area (TPSA) is 84.1 Å². The van der Waals surface area contributed by atoms with Crippen molar-refractivity contribution in [1.29, 1.82) is 0 Å². The van der Waals surface area contributed by atoms with Crippen LogP contribution in [-0.4, -0.2) is 43.8 Å². The molecule has 7 heteroatoms. The molecule has 0 aromatic carbocycles. The van der Waals surface area contributed by atoms with Crippen LogP contribution in [0.15, 0.2) is 29.5 Å². The van der Waals surface area contributed by atoms with Crippen molar-refractivity contribution >= 4 is 5.95 Å². The summed E-state index contributed by atoms with van der Waals surface area (Å²) in [5, 5.41) is 9.63. The molecule has 0 bridgehead atoms. The summed E-state index contributed by atoms with van der Waals surface area (Å²) in [7, 11) is 1.68. The smallest absolute Gasteiger partial charge is 0.255 e. The van der Waals surface area contributed by atoms with Gasteiger partial charge in [0.25, 0.3) is 5.56 Å². The normalized spacial score (nSPS) is 18.5. The van der Waals surface area contributed by atoms with Crippen LogP contribution in [0.4, 0.5) is 5.95 Å². The predicted molar refractivity (Wildman–Crippen MR) is 73.3 cm³/mol. The van der Waals surface area contributed by atoms with Crippen molar-refractivity contribution in [1.82, 2.24) is 19.5 Å². The zero-order chi connectivity index (χ0) is 14.1. The Morgan fingerprint density at radius 2 is 2.25 bits per heavy atom. The second-order valence-electron chi connectivity index (χ2n) is 4.82. The highest BCUT2D eigenvalue weighted by molar-refractivity contribution is 5.55. The molecule has 0 amide bonds. The fourth-order valence-corrected chi connectivity index (χ4v) is 2.31. The molecule has 1 N–H and O–H groups in total. The van der Waals surface area contributed by atoms with E-state index in [1.165, 1.54) is 17.0 Å². The molecule has 1 aliphatic heterocycles. The zero-order valence-corrected chi connectivity index (χ0v) is 11.1. The summed E-state index contributed by atoms with van der Waals surface area (Å²) in [6.45, 7) is 1.18. The van der Waals surface area contributed by atoms with Gasteiger partial charge in [0.15, 0.2) is 0 Å². The molecule has 104 valence electrons. The minimum absolute atomic E-state index is 0.148. The molecule has 0 spiro atoms. The first-order chi connectivity index (χ1) is 9.65. The number of aromatic nitrogens is 4. The van der Waals surface area contributed by atoms with Crippen LogP contribution in [0.2, 0.25) is 0 Å². The minimum Gasteiger partial charge on any atom is -0.391 e. The third-order valence-electron chi connectivity index (χ3n) is 3.40. The Kier molecular flexibility index (Phi) is 3.19. The van der Waals surface area contributed by atoms with Crippen LogP contribution in [-0.2, 0) is 7.05 Å². The Morgan fingerprint density at radius 3 is 2.90 bits per heavy atom. The number of rotatable bonds is 2. The van der Waals surface area contributed by atoms with E-state index in [1.54, 1.807) is 19.3 Å². The quantitative estimate of drug-likeness (QED) is 0.816. The lowest BCUT2D eigenvalue weighted by Crippen LogP contribution is -2.30. The van der Waals surface area contributed by atoms with Gasteiger partial charge in [-0.3, -0.25) is 9.36 Å². The van der Waals surface area contributed by atoms with Gasteiger partial charge in [0, 0.05) is 32.4 Å². The monoisotopic (exact) mass is 273 g/mol. The summed E-state index contributed by atoms with van der Waals surface area (Å²) in [5.74, 6) is 0.558. The van der Waals surface area contributed by atoms with Crippen LogP contribution in [0.3, 0.4) is 0 Å². The summed E-state index contributed by atoms with van der Waals surface area (Å²) in [6.07, 6.45) is 3.36. The summed E-state index contributed by atoms with van der Waals surface area (Å²) in [4.78, 5) is 26.5. The van der Waals surface area contributed by atoms with Gasteiger partial charge in [-0.05, 0) is 12.5 Å². The van der Waals surface area contributed by atoms with Gasteiger partial charge in [0.1, 0.15) is 6.33 Å². The highest BCUT2D eigenvalue weighted by atomic mass is 16.3. The van der Waals surface area contributed by atoms with E-state index in [-0.39, 0.29) is 11.7 Å². The van der Waals surface area contributed by atoms with Crippen LogP contribution in [0.1, 0.15) is 6.42 Å². The molecule has 0 unspecified atom stereocenters. The number of aliphatic hydroxyl groups excluding tert-OH is 1. The molecule has 2 aromatic rings.